The van der Waals surface area contributed by atoms with Crippen LogP contribution in [0.3, 0.4) is 0 Å². The monoisotopic (exact) mass is 487 g/mol. The maximum atomic E-state index is 14.1. The Morgan fingerprint density at radius 1 is 1.11 bits per heavy atom. The van der Waals surface area contributed by atoms with Crippen molar-refractivity contribution < 1.29 is 4.39 Å². The molecular formula is C27H30FN7O. The highest BCUT2D eigenvalue weighted by molar-refractivity contribution is 5.82. The van der Waals surface area contributed by atoms with Gasteiger partial charge in [-0.3, -0.25) is 19.8 Å². The van der Waals surface area contributed by atoms with Crippen LogP contribution in [0.5, 0.6) is 0 Å². The summed E-state index contributed by atoms with van der Waals surface area (Å²) in [5.41, 5.74) is 2.50. The van der Waals surface area contributed by atoms with E-state index in [2.05, 4.69) is 41.0 Å². The molecule has 9 heteroatoms. The number of H-pyrrole nitrogens is 2. The molecule has 8 nitrogen and oxygen atoms in total. The number of halogens is 1. The molecule has 3 aromatic heterocycles. The van der Waals surface area contributed by atoms with Crippen molar-refractivity contribution in [3.63, 3.8) is 0 Å². The second-order valence-electron chi connectivity index (χ2n) is 9.81. The molecule has 186 valence electrons. The van der Waals surface area contributed by atoms with Crippen LogP contribution < -0.4 is 10.5 Å². The molecule has 2 atom stereocenters. The highest BCUT2D eigenvalue weighted by Crippen LogP contribution is 2.37. The van der Waals surface area contributed by atoms with E-state index in [-0.39, 0.29) is 10.9 Å². The zero-order valence-electron chi connectivity index (χ0n) is 20.4. The summed E-state index contributed by atoms with van der Waals surface area (Å²) < 4.78 is 14.1. The van der Waals surface area contributed by atoms with Crippen molar-refractivity contribution in [2.45, 2.75) is 44.6 Å². The standard InChI is InChI=1S/C27H30FN7O/c1-2-24-31-26(33-32-24)22-9-8-20(16-29-22)35-12-10-34(11-13-35)19-7-6-17(14-19)23-15-18-4-3-5-21(28)25(18)27(36)30-23/h3-5,8-9,15-17,19H,2,6-7,10-14H2,1H3,(H,30,36)(H,31,32,33)/t17-,19-/m1/s1. The normalized spacial score (nSPS) is 20.9. The number of fused-ring (bicyclic) bond motifs is 1. The average Bonchev–Trinajstić information content (AvgIpc) is 3.59. The van der Waals surface area contributed by atoms with Gasteiger partial charge >= 0.3 is 0 Å². The van der Waals surface area contributed by atoms with Crippen LogP contribution in [0.15, 0.2) is 47.4 Å². The van der Waals surface area contributed by atoms with E-state index in [0.717, 1.165) is 74.8 Å². The number of nitrogens with zero attached hydrogens (tertiary/aromatic N) is 5. The molecule has 2 fully saturated rings. The van der Waals surface area contributed by atoms with Gasteiger partial charge in [0.1, 0.15) is 17.3 Å². The van der Waals surface area contributed by atoms with Crippen LogP contribution >= 0.6 is 0 Å². The van der Waals surface area contributed by atoms with E-state index in [0.29, 0.717) is 23.2 Å². The fourth-order valence-electron chi connectivity index (χ4n) is 5.71. The minimum absolute atomic E-state index is 0.153. The Balaban J connectivity index is 1.07. The number of nitrogens with one attached hydrogen (secondary N) is 2. The smallest absolute Gasteiger partial charge is 0.259 e. The van der Waals surface area contributed by atoms with Gasteiger partial charge in [0.2, 0.25) is 0 Å². The minimum atomic E-state index is -0.462. The molecule has 4 heterocycles. The molecule has 1 saturated carbocycles. The Kier molecular flexibility index (Phi) is 6.00. The molecule has 0 unspecified atom stereocenters. The third-order valence-corrected chi connectivity index (χ3v) is 7.73. The summed E-state index contributed by atoms with van der Waals surface area (Å²) in [7, 11) is 0. The zero-order valence-corrected chi connectivity index (χ0v) is 20.4. The van der Waals surface area contributed by atoms with E-state index >= 15 is 0 Å². The first-order chi connectivity index (χ1) is 17.6. The molecule has 2 aliphatic rings. The largest absolute Gasteiger partial charge is 0.368 e. The zero-order chi connectivity index (χ0) is 24.6. The number of pyridine rings is 2. The maximum absolute atomic E-state index is 14.1. The third-order valence-electron chi connectivity index (χ3n) is 7.73. The topological polar surface area (TPSA) is 93.8 Å². The van der Waals surface area contributed by atoms with Gasteiger partial charge < -0.3 is 9.88 Å². The summed E-state index contributed by atoms with van der Waals surface area (Å²) in [6.45, 7) is 5.95. The highest BCUT2D eigenvalue weighted by atomic mass is 19.1. The van der Waals surface area contributed by atoms with Gasteiger partial charge in [0.05, 0.1) is 17.3 Å². The number of piperazine rings is 1. The van der Waals surface area contributed by atoms with E-state index in [1.165, 1.54) is 6.07 Å². The van der Waals surface area contributed by atoms with E-state index < -0.39 is 5.82 Å². The van der Waals surface area contributed by atoms with Crippen molar-refractivity contribution in [2.24, 2.45) is 0 Å². The highest BCUT2D eigenvalue weighted by Gasteiger charge is 2.32. The molecular weight excluding hydrogens is 457 g/mol. The Morgan fingerprint density at radius 2 is 1.97 bits per heavy atom. The summed E-state index contributed by atoms with van der Waals surface area (Å²) >= 11 is 0. The second-order valence-corrected chi connectivity index (χ2v) is 9.81. The number of aromatic amines is 2. The lowest BCUT2D eigenvalue weighted by atomic mass is 10.00. The molecule has 0 bridgehead atoms. The van der Waals surface area contributed by atoms with Crippen molar-refractivity contribution in [2.75, 3.05) is 31.1 Å². The molecule has 2 N–H and O–H groups in total. The van der Waals surface area contributed by atoms with Crippen LogP contribution in [0.4, 0.5) is 10.1 Å². The predicted octanol–water partition coefficient (Wildman–Crippen LogP) is 3.87. The van der Waals surface area contributed by atoms with Crippen LogP contribution in [0.2, 0.25) is 0 Å². The summed E-state index contributed by atoms with van der Waals surface area (Å²) in [6.07, 6.45) is 5.90. The molecule has 0 amide bonds. The van der Waals surface area contributed by atoms with Gasteiger partial charge in [0.25, 0.3) is 5.56 Å². The number of hydrogen-bond acceptors (Lipinski definition) is 6. The maximum Gasteiger partial charge on any atom is 0.259 e. The molecule has 0 radical (unpaired) electrons. The van der Waals surface area contributed by atoms with Gasteiger partial charge in [-0.05, 0) is 48.9 Å². The molecule has 1 saturated heterocycles. The lowest BCUT2D eigenvalue weighted by molar-refractivity contribution is 0.186. The first kappa shape index (κ1) is 22.8. The average molecular weight is 488 g/mol. The SMILES string of the molecule is CCc1nc(-c2ccc(N3CCN([C@@H]4CC[C@@H](c5cc6cccc(F)c6c(=O)[nH]5)C4)CC3)cn2)n[nH]1. The first-order valence-corrected chi connectivity index (χ1v) is 12.8. The van der Waals surface area contributed by atoms with E-state index in [9.17, 15) is 9.18 Å². The molecule has 1 aliphatic carbocycles. The number of aryl methyl sites for hydroxylation is 1. The van der Waals surface area contributed by atoms with Crippen LogP contribution in [0.25, 0.3) is 22.3 Å². The fraction of sp³-hybridized carbons (Fsp3) is 0.407. The van der Waals surface area contributed by atoms with Gasteiger partial charge in [-0.15, -0.1) is 0 Å². The van der Waals surface area contributed by atoms with Crippen molar-refractivity contribution in [3.05, 3.63) is 70.3 Å². The number of rotatable bonds is 5. The van der Waals surface area contributed by atoms with Crippen molar-refractivity contribution in [1.29, 1.82) is 0 Å². The van der Waals surface area contributed by atoms with Crippen molar-refractivity contribution in [1.82, 2.24) is 30.0 Å². The number of anilines is 1. The van der Waals surface area contributed by atoms with E-state index in [4.69, 9.17) is 0 Å². The lowest BCUT2D eigenvalue weighted by Crippen LogP contribution is -2.49. The summed E-state index contributed by atoms with van der Waals surface area (Å²) in [6, 6.07) is 11.4. The van der Waals surface area contributed by atoms with Crippen molar-refractivity contribution in [3.8, 4) is 11.5 Å². The lowest BCUT2D eigenvalue weighted by Gasteiger charge is -2.39. The second kappa shape index (κ2) is 9.46. The van der Waals surface area contributed by atoms with Gasteiger partial charge in [0.15, 0.2) is 5.82 Å². The summed E-state index contributed by atoms with van der Waals surface area (Å²) in [4.78, 5) is 29.5. The minimum Gasteiger partial charge on any atom is -0.368 e. The van der Waals surface area contributed by atoms with Crippen LogP contribution in [0.1, 0.15) is 43.6 Å². The molecule has 0 spiro atoms. The summed E-state index contributed by atoms with van der Waals surface area (Å²) in [5, 5.41) is 8.02. The van der Waals surface area contributed by atoms with Crippen LogP contribution in [-0.2, 0) is 6.42 Å². The fourth-order valence-corrected chi connectivity index (χ4v) is 5.71. The Morgan fingerprint density at radius 3 is 2.72 bits per heavy atom. The van der Waals surface area contributed by atoms with Gasteiger partial charge in [0, 0.05) is 50.3 Å². The number of benzene rings is 1. The quantitative estimate of drug-likeness (QED) is 0.444. The van der Waals surface area contributed by atoms with Crippen LogP contribution in [-0.4, -0.2) is 62.3 Å². The summed E-state index contributed by atoms with van der Waals surface area (Å²) in [5.74, 6) is 1.34. The Hall–Kier alpha value is -3.59. The molecule has 1 aliphatic heterocycles. The first-order valence-electron chi connectivity index (χ1n) is 12.8. The third kappa shape index (κ3) is 4.28. The molecule has 4 aromatic rings. The van der Waals surface area contributed by atoms with E-state index in [1.54, 1.807) is 6.07 Å². The van der Waals surface area contributed by atoms with Gasteiger partial charge in [-0.1, -0.05) is 19.1 Å². The Labute approximate surface area is 208 Å². The van der Waals surface area contributed by atoms with Gasteiger partial charge in [-0.25, -0.2) is 9.37 Å². The predicted molar refractivity (Wildman–Crippen MR) is 138 cm³/mol. The molecule has 6 rings (SSSR count). The van der Waals surface area contributed by atoms with E-state index in [1.807, 2.05) is 31.3 Å². The molecule has 36 heavy (non-hydrogen) atoms. The number of aromatic nitrogens is 5. The molecule has 1 aromatic carbocycles. The number of hydrogen-bond donors (Lipinski definition) is 2. The Bertz CT molecular complexity index is 1420. The van der Waals surface area contributed by atoms with Crippen LogP contribution in [0, 0.1) is 5.82 Å². The van der Waals surface area contributed by atoms with Gasteiger partial charge in [-0.2, -0.15) is 5.10 Å². The van der Waals surface area contributed by atoms with Crippen molar-refractivity contribution >= 4 is 16.5 Å².